The summed E-state index contributed by atoms with van der Waals surface area (Å²) in [6, 6.07) is 16.4. The van der Waals surface area contributed by atoms with Gasteiger partial charge in [-0.25, -0.2) is 0 Å². The molecule has 0 aromatic heterocycles. The number of ether oxygens (including phenoxy) is 2. The quantitative estimate of drug-likeness (QED) is 0.614. The van der Waals surface area contributed by atoms with E-state index in [1.54, 1.807) is 0 Å². The molecule has 2 aromatic rings. The average Bonchev–Trinajstić information content (AvgIpc) is 2.69. The Morgan fingerprint density at radius 3 is 2.43 bits per heavy atom. The molecule has 28 heavy (non-hydrogen) atoms. The van der Waals surface area contributed by atoms with Crippen LogP contribution in [0, 0.1) is 5.92 Å². The predicted molar refractivity (Wildman–Crippen MR) is 120 cm³/mol. The van der Waals surface area contributed by atoms with Gasteiger partial charge in [0.15, 0.2) is 11.5 Å². The molecule has 0 spiro atoms. The first-order chi connectivity index (χ1) is 12.9. The smallest absolute Gasteiger partial charge is 0.166 e. The summed E-state index contributed by atoms with van der Waals surface area (Å²) in [5, 5.41) is 7.04. The van der Waals surface area contributed by atoms with Gasteiger partial charge in [0.1, 0.15) is 6.61 Å². The van der Waals surface area contributed by atoms with Gasteiger partial charge in [0.2, 0.25) is 0 Å². The van der Waals surface area contributed by atoms with Crippen molar-refractivity contribution in [3.63, 3.8) is 0 Å². The SMILES string of the molecule is CCOc1cccc(CNCC2CCNCC2)c1OCc1ccccc1.Cl.Cl. The maximum absolute atomic E-state index is 6.17. The second kappa shape index (κ2) is 13.7. The first-order valence-electron chi connectivity index (χ1n) is 9.69. The third-order valence-corrected chi connectivity index (χ3v) is 4.79. The molecule has 1 aliphatic rings. The Morgan fingerprint density at radius 1 is 0.964 bits per heavy atom. The maximum Gasteiger partial charge on any atom is 0.166 e. The molecule has 0 atom stereocenters. The Balaban J connectivity index is 0.00000196. The summed E-state index contributed by atoms with van der Waals surface area (Å²) in [5.74, 6) is 2.45. The van der Waals surface area contributed by atoms with E-state index in [-0.39, 0.29) is 24.8 Å². The van der Waals surface area contributed by atoms with Gasteiger partial charge in [0.25, 0.3) is 0 Å². The van der Waals surface area contributed by atoms with Crippen LogP contribution in [0.2, 0.25) is 0 Å². The number of benzene rings is 2. The van der Waals surface area contributed by atoms with Crippen LogP contribution in [0.15, 0.2) is 48.5 Å². The molecule has 0 bridgehead atoms. The average molecular weight is 427 g/mol. The molecule has 4 nitrogen and oxygen atoms in total. The third kappa shape index (κ3) is 7.51. The molecule has 3 rings (SSSR count). The van der Waals surface area contributed by atoms with E-state index in [1.807, 2.05) is 37.3 Å². The van der Waals surface area contributed by atoms with Crippen molar-refractivity contribution in [1.29, 1.82) is 0 Å². The van der Waals surface area contributed by atoms with Crippen LogP contribution in [0.3, 0.4) is 0 Å². The van der Waals surface area contributed by atoms with Crippen molar-refractivity contribution in [1.82, 2.24) is 10.6 Å². The van der Waals surface area contributed by atoms with Crippen molar-refractivity contribution in [3.05, 3.63) is 59.7 Å². The lowest BCUT2D eigenvalue weighted by Gasteiger charge is -2.23. The maximum atomic E-state index is 6.17. The highest BCUT2D eigenvalue weighted by Crippen LogP contribution is 2.32. The Kier molecular flexibility index (Phi) is 12.0. The van der Waals surface area contributed by atoms with Crippen molar-refractivity contribution in [2.24, 2.45) is 5.92 Å². The molecule has 0 radical (unpaired) electrons. The molecule has 0 aliphatic carbocycles. The van der Waals surface area contributed by atoms with Gasteiger partial charge in [-0.3, -0.25) is 0 Å². The van der Waals surface area contributed by atoms with E-state index in [1.165, 1.54) is 12.8 Å². The Hall–Kier alpha value is -1.46. The van der Waals surface area contributed by atoms with Crippen molar-refractivity contribution >= 4 is 24.8 Å². The van der Waals surface area contributed by atoms with Crippen molar-refractivity contribution < 1.29 is 9.47 Å². The number of hydrogen-bond donors (Lipinski definition) is 2. The van der Waals surface area contributed by atoms with E-state index in [9.17, 15) is 0 Å². The van der Waals surface area contributed by atoms with Gasteiger partial charge in [0, 0.05) is 12.1 Å². The third-order valence-electron chi connectivity index (χ3n) is 4.79. The lowest BCUT2D eigenvalue weighted by molar-refractivity contribution is 0.265. The van der Waals surface area contributed by atoms with Gasteiger partial charge in [-0.2, -0.15) is 0 Å². The lowest BCUT2D eigenvalue weighted by atomic mass is 9.98. The molecule has 1 saturated heterocycles. The molecule has 0 unspecified atom stereocenters. The molecule has 1 fully saturated rings. The summed E-state index contributed by atoms with van der Waals surface area (Å²) in [4.78, 5) is 0. The van der Waals surface area contributed by atoms with Crippen LogP contribution in [0.5, 0.6) is 11.5 Å². The van der Waals surface area contributed by atoms with Gasteiger partial charge in [-0.05, 0) is 56.9 Å². The summed E-state index contributed by atoms with van der Waals surface area (Å²) in [6.45, 7) is 7.31. The van der Waals surface area contributed by atoms with E-state index in [2.05, 4.69) is 28.8 Å². The summed E-state index contributed by atoms with van der Waals surface area (Å²) in [5.41, 5.74) is 2.31. The van der Waals surface area contributed by atoms with Gasteiger partial charge < -0.3 is 20.1 Å². The highest BCUT2D eigenvalue weighted by Gasteiger charge is 2.14. The number of piperidine rings is 1. The largest absolute Gasteiger partial charge is 0.490 e. The summed E-state index contributed by atoms with van der Waals surface area (Å²) < 4.78 is 12.0. The highest BCUT2D eigenvalue weighted by molar-refractivity contribution is 5.85. The van der Waals surface area contributed by atoms with E-state index < -0.39 is 0 Å². The molecular weight excluding hydrogens is 395 g/mol. The predicted octanol–water partition coefficient (Wildman–Crippen LogP) is 4.60. The van der Waals surface area contributed by atoms with Crippen LogP contribution in [-0.4, -0.2) is 26.2 Å². The summed E-state index contributed by atoms with van der Waals surface area (Å²) in [6.07, 6.45) is 2.51. The van der Waals surface area contributed by atoms with E-state index >= 15 is 0 Å². The number of nitrogens with one attached hydrogen (secondary N) is 2. The van der Waals surface area contributed by atoms with Gasteiger partial charge >= 0.3 is 0 Å². The normalized spacial score (nSPS) is 13.9. The topological polar surface area (TPSA) is 42.5 Å². The lowest BCUT2D eigenvalue weighted by Crippen LogP contribution is -2.33. The second-order valence-electron chi connectivity index (χ2n) is 6.78. The minimum atomic E-state index is 0. The minimum absolute atomic E-state index is 0. The van der Waals surface area contributed by atoms with Crippen molar-refractivity contribution in [3.8, 4) is 11.5 Å². The fourth-order valence-corrected chi connectivity index (χ4v) is 3.36. The Bertz CT molecular complexity index is 665. The van der Waals surface area contributed by atoms with Crippen LogP contribution in [0.1, 0.15) is 30.9 Å². The zero-order chi connectivity index (χ0) is 18.0. The minimum Gasteiger partial charge on any atom is -0.490 e. The van der Waals surface area contributed by atoms with Crippen LogP contribution in [0.25, 0.3) is 0 Å². The second-order valence-corrected chi connectivity index (χ2v) is 6.78. The summed E-state index contributed by atoms with van der Waals surface area (Å²) >= 11 is 0. The number of para-hydroxylation sites is 1. The molecule has 1 aliphatic heterocycles. The molecule has 0 saturated carbocycles. The van der Waals surface area contributed by atoms with Crippen LogP contribution in [0.4, 0.5) is 0 Å². The van der Waals surface area contributed by atoms with E-state index in [0.29, 0.717) is 13.2 Å². The van der Waals surface area contributed by atoms with Crippen LogP contribution >= 0.6 is 24.8 Å². The first kappa shape index (κ1) is 24.6. The first-order valence-corrected chi connectivity index (χ1v) is 9.69. The molecule has 156 valence electrons. The van der Waals surface area contributed by atoms with E-state index in [4.69, 9.17) is 9.47 Å². The molecule has 6 heteroatoms. The number of halogens is 2. The van der Waals surface area contributed by atoms with Gasteiger partial charge in [-0.15, -0.1) is 24.8 Å². The molecule has 2 N–H and O–H groups in total. The number of hydrogen-bond acceptors (Lipinski definition) is 4. The molecule has 2 aromatic carbocycles. The Labute approximate surface area is 181 Å². The summed E-state index contributed by atoms with van der Waals surface area (Å²) in [7, 11) is 0. The monoisotopic (exact) mass is 426 g/mol. The zero-order valence-electron chi connectivity index (χ0n) is 16.5. The van der Waals surface area contributed by atoms with Crippen molar-refractivity contribution in [2.75, 3.05) is 26.2 Å². The highest BCUT2D eigenvalue weighted by atomic mass is 35.5. The van der Waals surface area contributed by atoms with Crippen LogP contribution in [-0.2, 0) is 13.2 Å². The van der Waals surface area contributed by atoms with Crippen LogP contribution < -0.4 is 20.1 Å². The fourth-order valence-electron chi connectivity index (χ4n) is 3.36. The molecule has 0 amide bonds. The Morgan fingerprint density at radius 2 is 1.71 bits per heavy atom. The van der Waals surface area contributed by atoms with Gasteiger partial charge in [-0.1, -0.05) is 42.5 Å². The molecule has 1 heterocycles. The zero-order valence-corrected chi connectivity index (χ0v) is 18.1. The number of rotatable bonds is 9. The molecular formula is C22H32Cl2N2O2. The van der Waals surface area contributed by atoms with E-state index in [0.717, 1.165) is 54.7 Å². The standard InChI is InChI=1S/C22H30N2O2.2ClH/c1-2-25-21-10-6-9-20(16-24-15-18-11-13-23-14-12-18)22(21)26-17-19-7-4-3-5-8-19;;/h3-10,18,23-24H,2,11-17H2,1H3;2*1H. The van der Waals surface area contributed by atoms with Gasteiger partial charge in [0.05, 0.1) is 6.61 Å². The van der Waals surface area contributed by atoms with Crippen molar-refractivity contribution in [2.45, 2.75) is 32.9 Å². The fraction of sp³-hybridized carbons (Fsp3) is 0.455.